The molecular weight excluding hydrogens is 376 g/mol. The van der Waals surface area contributed by atoms with Crippen LogP contribution in [0.25, 0.3) is 0 Å². The lowest BCUT2D eigenvalue weighted by Gasteiger charge is -2.43. The van der Waals surface area contributed by atoms with E-state index >= 15 is 0 Å². The van der Waals surface area contributed by atoms with Crippen molar-refractivity contribution in [2.24, 2.45) is 5.92 Å². The Morgan fingerprint density at radius 2 is 1.95 bits per heavy atom. The zero-order valence-electron chi connectivity index (χ0n) is 12.9. The van der Waals surface area contributed by atoms with Crippen molar-refractivity contribution in [1.82, 2.24) is 4.90 Å². The number of piperidine rings is 1. The molecule has 2 unspecified atom stereocenters. The second-order valence-corrected chi connectivity index (χ2v) is 6.69. The molecule has 0 radical (unpaired) electrons. The summed E-state index contributed by atoms with van der Waals surface area (Å²) < 4.78 is 11.7. The van der Waals surface area contributed by atoms with Gasteiger partial charge in [-0.1, -0.05) is 65.9 Å². The number of alkyl halides is 1. The number of nitrogens with zero attached hydrogens (tertiary/aromatic N) is 1. The molecule has 2 heterocycles. The quantitative estimate of drug-likeness (QED) is 0.631. The van der Waals surface area contributed by atoms with E-state index in [9.17, 15) is 4.39 Å². The smallest absolute Gasteiger partial charge is 0.0785 e. The standard InChI is InChI=1S/C17H22IN.CH3F/c1-13-16(14-6-3-2-4-7-14)12-15-8-9-17(13)19(15)11-5-10-18;1-2/h2-7,10,13,15-17H,8-9,11-12H2,1H3;1H3/b10-5+;/t13-,15?,16-,17?;/m1./s1. The molecule has 3 heteroatoms. The van der Waals surface area contributed by atoms with Crippen LogP contribution in [0.15, 0.2) is 40.5 Å². The highest BCUT2D eigenvalue weighted by Crippen LogP contribution is 2.46. The van der Waals surface area contributed by atoms with Crippen LogP contribution in [-0.2, 0) is 0 Å². The molecule has 21 heavy (non-hydrogen) atoms. The van der Waals surface area contributed by atoms with Crippen molar-refractivity contribution in [3.05, 3.63) is 46.1 Å². The number of hydrogen-bond acceptors (Lipinski definition) is 1. The molecule has 1 aromatic carbocycles. The van der Waals surface area contributed by atoms with Crippen molar-refractivity contribution in [3.8, 4) is 0 Å². The number of rotatable bonds is 3. The fraction of sp³-hybridized carbons (Fsp3) is 0.556. The normalized spacial score (nSPS) is 32.0. The predicted octanol–water partition coefficient (Wildman–Crippen LogP) is 5.18. The van der Waals surface area contributed by atoms with Crippen LogP contribution in [0.3, 0.4) is 0 Å². The van der Waals surface area contributed by atoms with Crippen LogP contribution in [0.4, 0.5) is 4.39 Å². The van der Waals surface area contributed by atoms with Crippen LogP contribution in [0, 0.1) is 5.92 Å². The van der Waals surface area contributed by atoms with E-state index in [1.807, 2.05) is 0 Å². The van der Waals surface area contributed by atoms with Crippen LogP contribution in [0.1, 0.15) is 37.7 Å². The average molecular weight is 401 g/mol. The minimum atomic E-state index is 0.500. The summed E-state index contributed by atoms with van der Waals surface area (Å²) in [7, 11) is 0.500. The first kappa shape index (κ1) is 16.9. The van der Waals surface area contributed by atoms with Gasteiger partial charge in [0.1, 0.15) is 0 Å². The van der Waals surface area contributed by atoms with Gasteiger partial charge in [-0.25, -0.2) is 0 Å². The lowest BCUT2D eigenvalue weighted by Crippen LogP contribution is -2.47. The van der Waals surface area contributed by atoms with E-state index in [4.69, 9.17) is 0 Å². The first-order valence-corrected chi connectivity index (χ1v) is 8.99. The molecule has 0 aliphatic carbocycles. The zero-order valence-corrected chi connectivity index (χ0v) is 15.0. The molecule has 0 saturated carbocycles. The average Bonchev–Trinajstić information content (AvgIpc) is 2.87. The van der Waals surface area contributed by atoms with Gasteiger partial charge in [0.25, 0.3) is 0 Å². The van der Waals surface area contributed by atoms with Crippen molar-refractivity contribution >= 4 is 22.6 Å². The Morgan fingerprint density at radius 1 is 1.24 bits per heavy atom. The van der Waals surface area contributed by atoms with Crippen molar-refractivity contribution in [1.29, 1.82) is 0 Å². The highest BCUT2D eigenvalue weighted by Gasteiger charge is 2.44. The Labute approximate surface area is 141 Å². The lowest BCUT2D eigenvalue weighted by molar-refractivity contribution is 0.0942. The van der Waals surface area contributed by atoms with Gasteiger partial charge in [0.05, 0.1) is 7.18 Å². The van der Waals surface area contributed by atoms with Crippen LogP contribution in [0.2, 0.25) is 0 Å². The minimum absolute atomic E-state index is 0.500. The zero-order chi connectivity index (χ0) is 15.2. The highest BCUT2D eigenvalue weighted by atomic mass is 127. The molecule has 2 aliphatic heterocycles. The number of benzene rings is 1. The number of hydrogen-bond donors (Lipinski definition) is 0. The van der Waals surface area contributed by atoms with Crippen molar-refractivity contribution in [2.45, 2.75) is 44.2 Å². The lowest BCUT2D eigenvalue weighted by atomic mass is 9.77. The maximum Gasteiger partial charge on any atom is 0.0785 e. The van der Waals surface area contributed by atoms with Gasteiger partial charge in [-0.05, 0) is 40.7 Å². The number of fused-ring (bicyclic) bond motifs is 2. The molecule has 0 spiro atoms. The summed E-state index contributed by atoms with van der Waals surface area (Å²) in [5, 5.41) is 0. The molecular formula is C18H25FIN. The van der Waals surface area contributed by atoms with Gasteiger partial charge in [0.15, 0.2) is 0 Å². The molecule has 1 aromatic rings. The van der Waals surface area contributed by atoms with E-state index in [0.717, 1.165) is 30.5 Å². The SMILES string of the molecule is CF.C[C@H]1C2CCC(C[C@H]1c1ccccc1)N2C/C=C/I. The summed E-state index contributed by atoms with van der Waals surface area (Å²) in [6, 6.07) is 12.7. The fourth-order valence-electron chi connectivity index (χ4n) is 4.15. The fourth-order valence-corrected chi connectivity index (χ4v) is 4.37. The Kier molecular flexibility index (Phi) is 6.68. The molecule has 3 rings (SSSR count). The maximum atomic E-state index is 9.50. The molecule has 0 N–H and O–H groups in total. The third-order valence-corrected chi connectivity index (χ3v) is 5.60. The summed E-state index contributed by atoms with van der Waals surface area (Å²) in [4.78, 5) is 2.75. The minimum Gasteiger partial charge on any atom is -0.293 e. The van der Waals surface area contributed by atoms with Crippen LogP contribution < -0.4 is 0 Å². The Balaban J connectivity index is 0.000000774. The molecule has 2 bridgehead atoms. The van der Waals surface area contributed by atoms with Crippen LogP contribution in [-0.4, -0.2) is 30.7 Å². The summed E-state index contributed by atoms with van der Waals surface area (Å²) in [5.74, 6) is 1.54. The molecule has 116 valence electrons. The van der Waals surface area contributed by atoms with Crippen molar-refractivity contribution < 1.29 is 4.39 Å². The number of halogens is 2. The molecule has 1 nitrogen and oxygen atoms in total. The van der Waals surface area contributed by atoms with Crippen molar-refractivity contribution in [3.63, 3.8) is 0 Å². The monoisotopic (exact) mass is 401 g/mol. The predicted molar refractivity (Wildman–Crippen MR) is 96.7 cm³/mol. The molecule has 2 fully saturated rings. The molecule has 2 aliphatic rings. The third kappa shape index (κ3) is 3.67. The summed E-state index contributed by atoms with van der Waals surface area (Å²) >= 11 is 2.33. The van der Waals surface area contributed by atoms with E-state index in [1.54, 1.807) is 5.56 Å². The van der Waals surface area contributed by atoms with E-state index in [0.29, 0.717) is 7.18 Å². The van der Waals surface area contributed by atoms with Crippen molar-refractivity contribution in [2.75, 3.05) is 13.7 Å². The first-order chi connectivity index (χ1) is 10.3. The molecule has 0 aromatic heterocycles. The summed E-state index contributed by atoms with van der Waals surface area (Å²) in [5.41, 5.74) is 1.55. The van der Waals surface area contributed by atoms with Crippen LogP contribution in [0.5, 0.6) is 0 Å². The van der Waals surface area contributed by atoms with Gasteiger partial charge in [-0.2, -0.15) is 0 Å². The second kappa shape index (κ2) is 8.28. The Hall–Kier alpha value is -0.420. The van der Waals surface area contributed by atoms with Gasteiger partial charge in [0.2, 0.25) is 0 Å². The highest BCUT2D eigenvalue weighted by molar-refractivity contribution is 14.1. The topological polar surface area (TPSA) is 3.24 Å². The maximum absolute atomic E-state index is 9.50. The van der Waals surface area contributed by atoms with Gasteiger partial charge in [0, 0.05) is 18.6 Å². The van der Waals surface area contributed by atoms with Gasteiger partial charge in [-0.3, -0.25) is 9.29 Å². The first-order valence-electron chi connectivity index (χ1n) is 7.75. The summed E-state index contributed by atoms with van der Waals surface area (Å²) in [6.45, 7) is 3.61. The van der Waals surface area contributed by atoms with E-state index < -0.39 is 0 Å². The second-order valence-electron chi connectivity index (χ2n) is 5.97. The van der Waals surface area contributed by atoms with Gasteiger partial charge in [-0.15, -0.1) is 0 Å². The Morgan fingerprint density at radius 3 is 2.62 bits per heavy atom. The molecule has 0 amide bonds. The molecule has 4 atom stereocenters. The van der Waals surface area contributed by atoms with Crippen LogP contribution >= 0.6 is 22.6 Å². The van der Waals surface area contributed by atoms with Gasteiger partial charge < -0.3 is 0 Å². The summed E-state index contributed by atoms with van der Waals surface area (Å²) in [6.07, 6.45) is 6.44. The van der Waals surface area contributed by atoms with E-state index in [2.05, 4.69) is 74.9 Å². The van der Waals surface area contributed by atoms with E-state index in [1.165, 1.54) is 19.3 Å². The van der Waals surface area contributed by atoms with Gasteiger partial charge >= 0.3 is 0 Å². The molecule has 2 saturated heterocycles. The van der Waals surface area contributed by atoms with E-state index in [-0.39, 0.29) is 0 Å². The largest absolute Gasteiger partial charge is 0.293 e. The Bertz CT molecular complexity index is 448. The third-order valence-electron chi connectivity index (χ3n) is 5.09.